The molecule has 110 valence electrons. The number of piperidine rings is 1. The lowest BCUT2D eigenvalue weighted by Gasteiger charge is -2.31. The van der Waals surface area contributed by atoms with Crippen LogP contribution in [0.3, 0.4) is 0 Å². The molecule has 0 saturated carbocycles. The van der Waals surface area contributed by atoms with Gasteiger partial charge in [0.15, 0.2) is 0 Å². The van der Waals surface area contributed by atoms with Gasteiger partial charge >= 0.3 is 0 Å². The molecule has 0 unspecified atom stereocenters. The fraction of sp³-hybridized carbons (Fsp3) is 0.333. The van der Waals surface area contributed by atoms with Crippen molar-refractivity contribution in [1.82, 2.24) is 9.88 Å². The Morgan fingerprint density at radius 2 is 2.05 bits per heavy atom. The van der Waals surface area contributed by atoms with Crippen LogP contribution >= 0.6 is 34.5 Å². The molecule has 1 saturated heterocycles. The van der Waals surface area contributed by atoms with Crippen molar-refractivity contribution in [2.24, 2.45) is 0 Å². The molecule has 6 heteroatoms. The van der Waals surface area contributed by atoms with Crippen molar-refractivity contribution in [3.8, 4) is 0 Å². The second-order valence-electron chi connectivity index (χ2n) is 5.06. The smallest absolute Gasteiger partial charge is 0.255 e. The van der Waals surface area contributed by atoms with E-state index in [0.717, 1.165) is 25.9 Å². The average Bonchev–Trinajstić information content (AvgIpc) is 3.01. The van der Waals surface area contributed by atoms with Crippen LogP contribution < -0.4 is 0 Å². The van der Waals surface area contributed by atoms with E-state index < -0.39 is 0 Å². The van der Waals surface area contributed by atoms with Crippen molar-refractivity contribution >= 4 is 40.4 Å². The zero-order valence-electron chi connectivity index (χ0n) is 11.3. The highest BCUT2D eigenvalue weighted by molar-refractivity contribution is 7.09. The number of halogens is 2. The third-order valence-electron chi connectivity index (χ3n) is 3.74. The van der Waals surface area contributed by atoms with E-state index in [2.05, 4.69) is 4.98 Å². The Bertz CT molecular complexity index is 637. The fourth-order valence-electron chi connectivity index (χ4n) is 2.60. The lowest BCUT2D eigenvalue weighted by molar-refractivity contribution is 0.0713. The fourth-order valence-corrected chi connectivity index (χ4v) is 3.90. The molecule has 1 fully saturated rings. The molecule has 3 rings (SSSR count). The highest BCUT2D eigenvalue weighted by Gasteiger charge is 2.26. The maximum atomic E-state index is 12.5. The molecule has 0 radical (unpaired) electrons. The molecule has 3 nitrogen and oxygen atoms in total. The number of aromatic nitrogens is 1. The van der Waals surface area contributed by atoms with Gasteiger partial charge in [0, 0.05) is 35.6 Å². The number of amides is 1. The maximum absolute atomic E-state index is 12.5. The highest BCUT2D eigenvalue weighted by Crippen LogP contribution is 2.30. The zero-order valence-corrected chi connectivity index (χ0v) is 13.6. The minimum absolute atomic E-state index is 0.0192. The minimum Gasteiger partial charge on any atom is -0.339 e. The van der Waals surface area contributed by atoms with Gasteiger partial charge < -0.3 is 4.90 Å². The quantitative estimate of drug-likeness (QED) is 0.807. The molecule has 1 aliphatic rings. The van der Waals surface area contributed by atoms with Crippen LogP contribution in [0, 0.1) is 0 Å². The molecule has 0 spiro atoms. The van der Waals surface area contributed by atoms with Gasteiger partial charge in [-0.25, -0.2) is 4.98 Å². The molecular formula is C15H14Cl2N2OS. The predicted octanol–water partition coefficient (Wildman–Crippen LogP) is 4.47. The zero-order chi connectivity index (χ0) is 14.8. The predicted molar refractivity (Wildman–Crippen MR) is 86.5 cm³/mol. The van der Waals surface area contributed by atoms with E-state index in [1.165, 1.54) is 5.01 Å². The van der Waals surface area contributed by atoms with E-state index in [1.807, 2.05) is 16.5 Å². The van der Waals surface area contributed by atoms with Crippen LogP contribution in [0.5, 0.6) is 0 Å². The third kappa shape index (κ3) is 3.23. The van der Waals surface area contributed by atoms with Crippen LogP contribution in [-0.2, 0) is 0 Å². The summed E-state index contributed by atoms with van der Waals surface area (Å²) in [6.45, 7) is 1.48. The molecular weight excluding hydrogens is 327 g/mol. The van der Waals surface area contributed by atoms with Crippen LogP contribution in [0.15, 0.2) is 29.8 Å². The van der Waals surface area contributed by atoms with Gasteiger partial charge in [-0.15, -0.1) is 11.3 Å². The van der Waals surface area contributed by atoms with Gasteiger partial charge in [0.05, 0.1) is 15.6 Å². The molecule has 2 aromatic rings. The Morgan fingerprint density at radius 1 is 1.29 bits per heavy atom. The van der Waals surface area contributed by atoms with Crippen LogP contribution in [0.1, 0.15) is 34.1 Å². The minimum atomic E-state index is -0.0192. The van der Waals surface area contributed by atoms with Crippen molar-refractivity contribution in [3.05, 3.63) is 50.4 Å². The monoisotopic (exact) mass is 340 g/mol. The number of thiazole rings is 1. The third-order valence-corrected chi connectivity index (χ3v) is 5.23. The van der Waals surface area contributed by atoms with Crippen molar-refractivity contribution in [2.45, 2.75) is 18.8 Å². The SMILES string of the molecule is O=C(c1ccc(Cl)cc1Cl)N1CCC(c2nccs2)CC1. The number of benzene rings is 1. The summed E-state index contributed by atoms with van der Waals surface area (Å²) >= 11 is 13.7. The average molecular weight is 341 g/mol. The number of nitrogens with zero attached hydrogens (tertiary/aromatic N) is 2. The summed E-state index contributed by atoms with van der Waals surface area (Å²) in [6.07, 6.45) is 3.74. The second-order valence-corrected chi connectivity index (χ2v) is 6.83. The molecule has 0 aliphatic carbocycles. The summed E-state index contributed by atoms with van der Waals surface area (Å²) < 4.78 is 0. The van der Waals surface area contributed by atoms with Crippen molar-refractivity contribution < 1.29 is 4.79 Å². The Kier molecular flexibility index (Phi) is 4.48. The van der Waals surface area contributed by atoms with Gasteiger partial charge in [0.25, 0.3) is 5.91 Å². The first-order chi connectivity index (χ1) is 10.1. The number of carbonyl (C=O) groups excluding carboxylic acids is 1. The van der Waals surface area contributed by atoms with Gasteiger partial charge in [-0.05, 0) is 31.0 Å². The van der Waals surface area contributed by atoms with Gasteiger partial charge in [-0.3, -0.25) is 4.79 Å². The summed E-state index contributed by atoms with van der Waals surface area (Å²) in [5, 5.41) is 4.13. The Morgan fingerprint density at radius 3 is 2.67 bits per heavy atom. The van der Waals surface area contributed by atoms with Crippen molar-refractivity contribution in [2.75, 3.05) is 13.1 Å². The van der Waals surface area contributed by atoms with Crippen molar-refractivity contribution in [1.29, 1.82) is 0 Å². The molecule has 1 aromatic carbocycles. The van der Waals surface area contributed by atoms with Gasteiger partial charge in [0.2, 0.25) is 0 Å². The van der Waals surface area contributed by atoms with E-state index in [0.29, 0.717) is 21.5 Å². The van der Waals surface area contributed by atoms with Crippen molar-refractivity contribution in [3.63, 3.8) is 0 Å². The van der Waals surface area contributed by atoms with Gasteiger partial charge in [-0.2, -0.15) is 0 Å². The number of hydrogen-bond acceptors (Lipinski definition) is 3. The number of carbonyl (C=O) groups is 1. The number of hydrogen-bond donors (Lipinski definition) is 0. The summed E-state index contributed by atoms with van der Waals surface area (Å²) in [5.41, 5.74) is 0.522. The normalized spacial score (nSPS) is 16.2. The Hall–Kier alpha value is -1.10. The largest absolute Gasteiger partial charge is 0.339 e. The molecule has 1 aromatic heterocycles. The van der Waals surface area contributed by atoms with Gasteiger partial charge in [0.1, 0.15) is 0 Å². The second kappa shape index (κ2) is 6.34. The molecule has 0 N–H and O–H groups in total. The molecule has 21 heavy (non-hydrogen) atoms. The Balaban J connectivity index is 1.67. The highest BCUT2D eigenvalue weighted by atomic mass is 35.5. The standard InChI is InChI=1S/C15H14Cl2N2OS/c16-11-1-2-12(13(17)9-11)15(20)19-6-3-10(4-7-19)14-18-5-8-21-14/h1-2,5,8-10H,3-4,6-7H2. The van der Waals surface area contributed by atoms with E-state index in [-0.39, 0.29) is 5.91 Å². The summed E-state index contributed by atoms with van der Waals surface area (Å²) in [4.78, 5) is 18.7. The van der Waals surface area contributed by atoms with Crippen LogP contribution in [-0.4, -0.2) is 28.9 Å². The molecule has 2 heterocycles. The van der Waals surface area contributed by atoms with Crippen LogP contribution in [0.25, 0.3) is 0 Å². The van der Waals surface area contributed by atoms with E-state index in [4.69, 9.17) is 23.2 Å². The summed E-state index contributed by atoms with van der Waals surface area (Å²) in [5.74, 6) is 0.448. The molecule has 0 bridgehead atoms. The first kappa shape index (κ1) is 14.8. The van der Waals surface area contributed by atoms with Gasteiger partial charge in [-0.1, -0.05) is 23.2 Å². The molecule has 1 amide bonds. The summed E-state index contributed by atoms with van der Waals surface area (Å²) in [7, 11) is 0. The summed E-state index contributed by atoms with van der Waals surface area (Å²) in [6, 6.07) is 5.00. The first-order valence-corrected chi connectivity index (χ1v) is 8.42. The number of likely N-dealkylation sites (tertiary alicyclic amines) is 1. The molecule has 0 atom stereocenters. The van der Waals surface area contributed by atoms with E-state index in [9.17, 15) is 4.79 Å². The first-order valence-electron chi connectivity index (χ1n) is 6.79. The lowest BCUT2D eigenvalue weighted by Crippen LogP contribution is -2.38. The topological polar surface area (TPSA) is 33.2 Å². The van der Waals surface area contributed by atoms with E-state index in [1.54, 1.807) is 29.5 Å². The Labute approximate surface area is 137 Å². The van der Waals surface area contributed by atoms with E-state index >= 15 is 0 Å². The maximum Gasteiger partial charge on any atom is 0.255 e. The number of rotatable bonds is 2. The van der Waals surface area contributed by atoms with Crippen LogP contribution in [0.4, 0.5) is 0 Å². The van der Waals surface area contributed by atoms with Crippen LogP contribution in [0.2, 0.25) is 10.0 Å². The molecule has 1 aliphatic heterocycles. The lowest BCUT2D eigenvalue weighted by atomic mass is 9.97.